The maximum Gasteiger partial charge on any atom is 0.261 e. The van der Waals surface area contributed by atoms with Gasteiger partial charge in [-0.25, -0.2) is 4.98 Å². The molecule has 2 aromatic rings. The minimum absolute atomic E-state index is 0. The molecule has 0 bridgehead atoms. The molecular weight excluding hydrogens is 376 g/mol. The van der Waals surface area contributed by atoms with Gasteiger partial charge >= 0.3 is 0 Å². The molecule has 10 heteroatoms. The third-order valence-electron chi connectivity index (χ3n) is 4.40. The van der Waals surface area contributed by atoms with E-state index in [2.05, 4.69) is 10.3 Å². The third-order valence-corrected chi connectivity index (χ3v) is 4.40. The molecule has 1 amide bonds. The third kappa shape index (κ3) is 3.93. The van der Waals surface area contributed by atoms with Crippen molar-refractivity contribution >= 4 is 29.2 Å². The van der Waals surface area contributed by atoms with Crippen molar-refractivity contribution in [1.29, 1.82) is 0 Å². The van der Waals surface area contributed by atoms with E-state index in [0.717, 1.165) is 13.1 Å². The number of nitrogens with one attached hydrogen (secondary N) is 1. The highest BCUT2D eigenvalue weighted by atomic mass is 35.5. The smallest absolute Gasteiger partial charge is 0.261 e. The molecule has 0 aliphatic carbocycles. The lowest BCUT2D eigenvalue weighted by atomic mass is 10.2. The number of fused-ring (bicyclic) bond motifs is 1. The highest BCUT2D eigenvalue weighted by molar-refractivity contribution is 5.89. The Kier molecular flexibility index (Phi) is 6.86. The van der Waals surface area contributed by atoms with E-state index in [0.29, 0.717) is 41.2 Å². The summed E-state index contributed by atoms with van der Waals surface area (Å²) < 4.78 is 17.3. The minimum Gasteiger partial charge on any atom is -0.493 e. The van der Waals surface area contributed by atoms with Gasteiger partial charge in [0.05, 0.1) is 33.0 Å². The first-order valence-corrected chi connectivity index (χ1v) is 8.27. The molecule has 1 aliphatic heterocycles. The molecule has 27 heavy (non-hydrogen) atoms. The topological polar surface area (TPSA) is 94.9 Å². The van der Waals surface area contributed by atoms with Crippen molar-refractivity contribution in [3.05, 3.63) is 22.7 Å². The van der Waals surface area contributed by atoms with Crippen LogP contribution in [0.3, 0.4) is 0 Å². The summed E-state index contributed by atoms with van der Waals surface area (Å²) in [7, 11) is 4.43. The van der Waals surface area contributed by atoms with Crippen LogP contribution in [0.2, 0.25) is 0 Å². The fraction of sp³-hybridized carbons (Fsp3) is 0.471. The summed E-state index contributed by atoms with van der Waals surface area (Å²) in [6.07, 6.45) is 1.36. The van der Waals surface area contributed by atoms with E-state index in [4.69, 9.17) is 14.2 Å². The van der Waals surface area contributed by atoms with Gasteiger partial charge in [-0.15, -0.1) is 12.4 Å². The zero-order valence-electron chi connectivity index (χ0n) is 15.5. The molecule has 1 aliphatic rings. The standard InChI is InChI=1S/C17H22N4O5.ClH/c1-24-12-8-11-14(16(26-3)15(12)25-2)19-10-21(17(11)23)9-13(22)20-6-4-18-5-7-20;/h8,10,18H,4-7,9H2,1-3H3;1H. The Bertz CT molecular complexity index is 880. The summed E-state index contributed by atoms with van der Waals surface area (Å²) in [5, 5.41) is 3.49. The van der Waals surface area contributed by atoms with Crippen LogP contribution >= 0.6 is 12.4 Å². The lowest BCUT2D eigenvalue weighted by molar-refractivity contribution is -0.132. The minimum atomic E-state index is -0.335. The van der Waals surface area contributed by atoms with Crippen molar-refractivity contribution < 1.29 is 19.0 Å². The van der Waals surface area contributed by atoms with Crippen LogP contribution in [0, 0.1) is 0 Å². The van der Waals surface area contributed by atoms with E-state index < -0.39 is 0 Å². The number of amides is 1. The van der Waals surface area contributed by atoms with Crippen LogP contribution in [-0.2, 0) is 11.3 Å². The van der Waals surface area contributed by atoms with Crippen molar-refractivity contribution in [2.24, 2.45) is 0 Å². The summed E-state index contributed by atoms with van der Waals surface area (Å²) in [4.78, 5) is 31.4. The number of benzene rings is 1. The highest BCUT2D eigenvalue weighted by Crippen LogP contribution is 2.41. The maximum atomic E-state index is 12.9. The Labute approximate surface area is 162 Å². The summed E-state index contributed by atoms with van der Waals surface area (Å²) in [5.41, 5.74) is 0.0266. The zero-order chi connectivity index (χ0) is 18.7. The number of aromatic nitrogens is 2. The lowest BCUT2D eigenvalue weighted by Gasteiger charge is -2.27. The second-order valence-electron chi connectivity index (χ2n) is 5.85. The molecule has 0 radical (unpaired) electrons. The SMILES string of the molecule is COc1cc2c(=O)n(CC(=O)N3CCNCC3)cnc2c(OC)c1OC.Cl. The molecule has 1 aromatic heterocycles. The summed E-state index contributed by atoms with van der Waals surface area (Å²) in [5.74, 6) is 0.938. The predicted octanol–water partition coefficient (Wildman–Crippen LogP) is 0.276. The molecule has 148 valence electrons. The van der Waals surface area contributed by atoms with Crippen LogP contribution in [0.25, 0.3) is 10.9 Å². The van der Waals surface area contributed by atoms with E-state index in [1.165, 1.54) is 32.2 Å². The predicted molar refractivity (Wildman–Crippen MR) is 102 cm³/mol. The Hall–Kier alpha value is -2.52. The first-order chi connectivity index (χ1) is 12.6. The van der Waals surface area contributed by atoms with Crippen LogP contribution < -0.4 is 25.1 Å². The van der Waals surface area contributed by atoms with Gasteiger partial charge < -0.3 is 24.4 Å². The van der Waals surface area contributed by atoms with E-state index in [-0.39, 0.29) is 30.4 Å². The number of rotatable bonds is 5. The number of carbonyl (C=O) groups excluding carboxylic acids is 1. The molecule has 1 fully saturated rings. The fourth-order valence-electron chi connectivity index (χ4n) is 3.04. The fourth-order valence-corrected chi connectivity index (χ4v) is 3.04. The second kappa shape index (κ2) is 8.92. The van der Waals surface area contributed by atoms with Gasteiger partial charge in [-0.05, 0) is 6.07 Å². The van der Waals surface area contributed by atoms with Gasteiger partial charge in [0, 0.05) is 26.2 Å². The van der Waals surface area contributed by atoms with Gasteiger partial charge in [0.2, 0.25) is 11.7 Å². The van der Waals surface area contributed by atoms with Crippen molar-refractivity contribution in [3.8, 4) is 17.2 Å². The number of methoxy groups -OCH3 is 3. The number of nitrogens with zero attached hydrogens (tertiary/aromatic N) is 3. The quantitative estimate of drug-likeness (QED) is 0.772. The molecule has 2 heterocycles. The average molecular weight is 399 g/mol. The lowest BCUT2D eigenvalue weighted by Crippen LogP contribution is -2.48. The van der Waals surface area contributed by atoms with Gasteiger partial charge in [0.1, 0.15) is 12.1 Å². The Morgan fingerprint density at radius 3 is 2.41 bits per heavy atom. The normalized spacial score (nSPS) is 13.8. The average Bonchev–Trinajstić information content (AvgIpc) is 2.69. The Morgan fingerprint density at radius 2 is 1.81 bits per heavy atom. The number of ether oxygens (including phenoxy) is 3. The molecule has 0 saturated carbocycles. The van der Waals surface area contributed by atoms with Crippen LogP contribution in [-0.4, -0.2) is 67.9 Å². The molecule has 0 unspecified atom stereocenters. The van der Waals surface area contributed by atoms with Crippen LogP contribution in [0.1, 0.15) is 0 Å². The molecule has 3 rings (SSSR count). The highest BCUT2D eigenvalue weighted by Gasteiger charge is 2.21. The van der Waals surface area contributed by atoms with Gasteiger partial charge in [0.15, 0.2) is 11.5 Å². The van der Waals surface area contributed by atoms with Crippen molar-refractivity contribution in [1.82, 2.24) is 19.8 Å². The summed E-state index contributed by atoms with van der Waals surface area (Å²) in [6.45, 7) is 2.72. The molecule has 1 N–H and O–H groups in total. The molecule has 9 nitrogen and oxygen atoms in total. The molecule has 0 spiro atoms. The van der Waals surface area contributed by atoms with E-state index >= 15 is 0 Å². The molecular formula is C17H23ClN4O5. The number of hydrogen-bond donors (Lipinski definition) is 1. The van der Waals surface area contributed by atoms with Crippen LogP contribution in [0.5, 0.6) is 17.2 Å². The van der Waals surface area contributed by atoms with Crippen LogP contribution in [0.4, 0.5) is 0 Å². The number of hydrogen-bond acceptors (Lipinski definition) is 7. The van der Waals surface area contributed by atoms with Crippen molar-refractivity contribution in [3.63, 3.8) is 0 Å². The van der Waals surface area contributed by atoms with Crippen molar-refractivity contribution in [2.45, 2.75) is 6.54 Å². The number of carbonyl (C=O) groups is 1. The number of halogens is 1. The van der Waals surface area contributed by atoms with E-state index in [1.54, 1.807) is 11.0 Å². The maximum absolute atomic E-state index is 12.9. The monoisotopic (exact) mass is 398 g/mol. The summed E-state index contributed by atoms with van der Waals surface area (Å²) in [6, 6.07) is 1.55. The van der Waals surface area contributed by atoms with E-state index in [9.17, 15) is 9.59 Å². The summed E-state index contributed by atoms with van der Waals surface area (Å²) >= 11 is 0. The van der Waals surface area contributed by atoms with Gasteiger partial charge in [0.25, 0.3) is 5.56 Å². The first-order valence-electron chi connectivity index (χ1n) is 8.27. The first kappa shape index (κ1) is 20.8. The van der Waals surface area contributed by atoms with Gasteiger partial charge in [-0.2, -0.15) is 0 Å². The van der Waals surface area contributed by atoms with Gasteiger partial charge in [-0.3, -0.25) is 14.2 Å². The molecule has 0 atom stereocenters. The zero-order valence-corrected chi connectivity index (χ0v) is 16.3. The van der Waals surface area contributed by atoms with Gasteiger partial charge in [-0.1, -0.05) is 0 Å². The Balaban J connectivity index is 0.00000261. The van der Waals surface area contributed by atoms with E-state index in [1.807, 2.05) is 0 Å². The number of piperazine rings is 1. The Morgan fingerprint density at radius 1 is 1.15 bits per heavy atom. The van der Waals surface area contributed by atoms with Crippen LogP contribution in [0.15, 0.2) is 17.2 Å². The van der Waals surface area contributed by atoms with Crippen molar-refractivity contribution in [2.75, 3.05) is 47.5 Å². The second-order valence-corrected chi connectivity index (χ2v) is 5.85. The molecule has 1 aromatic carbocycles. The largest absolute Gasteiger partial charge is 0.493 e. The molecule has 1 saturated heterocycles.